The van der Waals surface area contributed by atoms with Gasteiger partial charge in [-0.1, -0.05) is 11.8 Å². The number of aryl methyl sites for hydroxylation is 1. The van der Waals surface area contributed by atoms with Gasteiger partial charge in [0.15, 0.2) is 34.8 Å². The maximum atomic E-state index is 12.4. The van der Waals surface area contributed by atoms with E-state index in [0.29, 0.717) is 34.4 Å². The molecule has 0 unspecified atom stereocenters. The fourth-order valence-electron chi connectivity index (χ4n) is 3.37. The van der Waals surface area contributed by atoms with Gasteiger partial charge in [0.25, 0.3) is 11.5 Å². The second-order valence-corrected chi connectivity index (χ2v) is 9.06. The first-order chi connectivity index (χ1) is 19.8. The molecule has 0 saturated carbocycles. The predicted molar refractivity (Wildman–Crippen MR) is 149 cm³/mol. The lowest BCUT2D eigenvalue weighted by atomic mass is 10.2. The highest BCUT2D eigenvalue weighted by Gasteiger charge is 2.14. The summed E-state index contributed by atoms with van der Waals surface area (Å²) in [7, 11) is 5.96. The molecule has 0 aliphatic heterocycles. The third-order valence-electron chi connectivity index (χ3n) is 5.35. The van der Waals surface area contributed by atoms with E-state index in [2.05, 4.69) is 25.8 Å². The molecule has 0 atom stereocenters. The Morgan fingerprint density at radius 1 is 0.805 bits per heavy atom. The van der Waals surface area contributed by atoms with E-state index in [1.54, 1.807) is 36.4 Å². The van der Waals surface area contributed by atoms with Crippen LogP contribution in [-0.4, -0.2) is 73.8 Å². The molecule has 2 aromatic carbocycles. The van der Waals surface area contributed by atoms with Crippen LogP contribution in [0.15, 0.2) is 46.3 Å². The lowest BCUT2D eigenvalue weighted by Gasteiger charge is -2.11. The lowest BCUT2D eigenvalue weighted by Crippen LogP contribution is -2.22. The topological polar surface area (TPSA) is 180 Å². The Hall–Kier alpha value is -4.79. The lowest BCUT2D eigenvalue weighted by molar-refractivity contribution is -0.147. The number of hydrogen-bond acceptors (Lipinski definition) is 12. The maximum Gasteiger partial charge on any atom is 0.306 e. The molecular weight excluding hydrogens is 558 g/mol. The maximum absolute atomic E-state index is 12.4. The van der Waals surface area contributed by atoms with Gasteiger partial charge in [-0.2, -0.15) is 0 Å². The minimum atomic E-state index is -0.695. The molecule has 41 heavy (non-hydrogen) atoms. The number of ether oxygens (including phenoxy) is 5. The largest absolute Gasteiger partial charge is 0.493 e. The Bertz CT molecular complexity index is 1450. The second kappa shape index (κ2) is 15.1. The molecule has 218 valence electrons. The molecule has 3 aromatic rings. The minimum absolute atomic E-state index is 0.0101. The van der Waals surface area contributed by atoms with Crippen molar-refractivity contribution in [2.75, 3.05) is 51.4 Å². The molecule has 1 heterocycles. The number of anilines is 2. The van der Waals surface area contributed by atoms with Gasteiger partial charge in [-0.15, -0.1) is 10.2 Å². The number of methoxy groups -OCH3 is 4. The molecule has 3 rings (SSSR count). The number of amides is 2. The number of carbonyl (C=O) groups excluding carboxylic acids is 3. The zero-order valence-corrected chi connectivity index (χ0v) is 23.6. The zero-order valence-electron chi connectivity index (χ0n) is 22.8. The number of aromatic nitrogens is 3. The SMILES string of the molecule is COc1ccc(NC(=O)COC(=O)CCc2nnc(SCC(=O)Nc3ccc(OC)c(OC)c3)[nH]c2=O)cc1OC. The highest BCUT2D eigenvalue weighted by molar-refractivity contribution is 7.99. The second-order valence-electron chi connectivity index (χ2n) is 8.09. The molecule has 1 aromatic heterocycles. The molecule has 0 bridgehead atoms. The summed E-state index contributed by atoms with van der Waals surface area (Å²) in [5, 5.41) is 13.2. The molecule has 15 heteroatoms. The summed E-state index contributed by atoms with van der Waals surface area (Å²) in [6, 6.07) is 9.74. The number of carbonyl (C=O) groups is 3. The Morgan fingerprint density at radius 3 is 1.90 bits per heavy atom. The smallest absolute Gasteiger partial charge is 0.306 e. The Balaban J connectivity index is 1.42. The van der Waals surface area contributed by atoms with Crippen molar-refractivity contribution >= 4 is 40.9 Å². The summed E-state index contributed by atoms with van der Waals surface area (Å²) in [4.78, 5) is 51.4. The number of esters is 1. The summed E-state index contributed by atoms with van der Waals surface area (Å²) in [5.41, 5.74) is 0.396. The van der Waals surface area contributed by atoms with Crippen molar-refractivity contribution in [3.8, 4) is 23.0 Å². The number of H-pyrrole nitrogens is 1. The van der Waals surface area contributed by atoms with Crippen LogP contribution in [0.3, 0.4) is 0 Å². The van der Waals surface area contributed by atoms with Gasteiger partial charge in [-0.05, 0) is 24.3 Å². The Morgan fingerprint density at radius 2 is 1.37 bits per heavy atom. The number of nitrogens with zero attached hydrogens (tertiary/aromatic N) is 2. The van der Waals surface area contributed by atoms with Crippen LogP contribution in [0.4, 0.5) is 11.4 Å². The highest BCUT2D eigenvalue weighted by atomic mass is 32.2. The first-order valence-electron chi connectivity index (χ1n) is 12.0. The van der Waals surface area contributed by atoms with Crippen LogP contribution in [0.1, 0.15) is 12.1 Å². The van der Waals surface area contributed by atoms with Gasteiger partial charge in [0.1, 0.15) is 5.69 Å². The first-order valence-corrected chi connectivity index (χ1v) is 13.0. The molecule has 2 amide bonds. The number of rotatable bonds is 14. The van der Waals surface area contributed by atoms with E-state index in [1.807, 2.05) is 0 Å². The Labute approximate surface area is 239 Å². The fourth-order valence-corrected chi connectivity index (χ4v) is 3.97. The zero-order chi connectivity index (χ0) is 29.8. The molecule has 0 radical (unpaired) electrons. The van der Waals surface area contributed by atoms with E-state index in [1.165, 1.54) is 28.4 Å². The predicted octanol–water partition coefficient (Wildman–Crippen LogP) is 2.04. The standard InChI is InChI=1S/C26H29N5O9S/c1-36-18-8-5-15(11-20(18)38-3)27-22(32)13-40-24(34)10-7-17-25(35)29-26(31-30-17)41-14-23(33)28-16-6-9-19(37-2)21(12-16)39-4/h5-6,8-9,11-12H,7,10,13-14H2,1-4H3,(H,27,32)(H,28,33)(H,29,31,35). The Kier molecular flexibility index (Phi) is 11.3. The minimum Gasteiger partial charge on any atom is -0.493 e. The van der Waals surface area contributed by atoms with Crippen molar-refractivity contribution in [1.82, 2.24) is 15.2 Å². The van der Waals surface area contributed by atoms with E-state index >= 15 is 0 Å². The average Bonchev–Trinajstić information content (AvgIpc) is 2.98. The van der Waals surface area contributed by atoms with Crippen LogP contribution in [-0.2, 0) is 25.5 Å². The van der Waals surface area contributed by atoms with Crippen molar-refractivity contribution in [2.24, 2.45) is 0 Å². The van der Waals surface area contributed by atoms with E-state index < -0.39 is 24.0 Å². The third kappa shape index (κ3) is 9.13. The van der Waals surface area contributed by atoms with Gasteiger partial charge in [-0.3, -0.25) is 24.2 Å². The van der Waals surface area contributed by atoms with E-state index in [9.17, 15) is 19.2 Å². The summed E-state index contributed by atoms with van der Waals surface area (Å²) >= 11 is 0.981. The highest BCUT2D eigenvalue weighted by Crippen LogP contribution is 2.30. The van der Waals surface area contributed by atoms with Crippen molar-refractivity contribution in [2.45, 2.75) is 18.0 Å². The van der Waals surface area contributed by atoms with Crippen LogP contribution in [0.2, 0.25) is 0 Å². The van der Waals surface area contributed by atoms with E-state index in [-0.39, 0.29) is 35.4 Å². The van der Waals surface area contributed by atoms with Crippen molar-refractivity contribution in [1.29, 1.82) is 0 Å². The van der Waals surface area contributed by atoms with Crippen LogP contribution in [0, 0.1) is 0 Å². The molecule has 3 N–H and O–H groups in total. The van der Waals surface area contributed by atoms with E-state index in [4.69, 9.17) is 23.7 Å². The summed E-state index contributed by atoms with van der Waals surface area (Å²) in [6.45, 7) is -0.518. The van der Waals surface area contributed by atoms with Crippen LogP contribution in [0.5, 0.6) is 23.0 Å². The quantitative estimate of drug-likeness (QED) is 0.185. The van der Waals surface area contributed by atoms with Crippen molar-refractivity contribution < 1.29 is 38.1 Å². The number of benzene rings is 2. The summed E-state index contributed by atoms with van der Waals surface area (Å²) < 4.78 is 25.7. The van der Waals surface area contributed by atoms with E-state index in [0.717, 1.165) is 11.8 Å². The normalized spacial score (nSPS) is 10.3. The molecule has 0 aliphatic rings. The van der Waals surface area contributed by atoms with Gasteiger partial charge in [-0.25, -0.2) is 0 Å². The van der Waals surface area contributed by atoms with Crippen LogP contribution < -0.4 is 35.1 Å². The molecule has 0 saturated heterocycles. The van der Waals surface area contributed by atoms with Crippen LogP contribution in [0.25, 0.3) is 0 Å². The number of hydrogen-bond donors (Lipinski definition) is 3. The number of nitrogens with one attached hydrogen (secondary N) is 3. The number of thioether (sulfide) groups is 1. The molecule has 0 aliphatic carbocycles. The fraction of sp³-hybridized carbons (Fsp3) is 0.308. The van der Waals surface area contributed by atoms with Crippen LogP contribution >= 0.6 is 11.8 Å². The van der Waals surface area contributed by atoms with Gasteiger partial charge in [0.2, 0.25) is 5.91 Å². The first kappa shape index (κ1) is 30.7. The average molecular weight is 588 g/mol. The molecule has 0 spiro atoms. The van der Waals surface area contributed by atoms with Crippen molar-refractivity contribution in [3.05, 3.63) is 52.4 Å². The van der Waals surface area contributed by atoms with Gasteiger partial charge in [0.05, 0.1) is 40.6 Å². The third-order valence-corrected chi connectivity index (χ3v) is 6.21. The van der Waals surface area contributed by atoms with Crippen molar-refractivity contribution in [3.63, 3.8) is 0 Å². The molecule has 14 nitrogen and oxygen atoms in total. The molecule has 0 fully saturated rings. The van der Waals surface area contributed by atoms with Gasteiger partial charge < -0.3 is 34.3 Å². The summed E-state index contributed by atoms with van der Waals surface area (Å²) in [6.07, 6.45) is -0.245. The van der Waals surface area contributed by atoms with Gasteiger partial charge in [0, 0.05) is 29.9 Å². The summed E-state index contributed by atoms with van der Waals surface area (Å²) in [5.74, 6) is 0.276. The van der Waals surface area contributed by atoms with Gasteiger partial charge >= 0.3 is 5.97 Å². The number of aromatic amines is 1. The molecular formula is C26H29N5O9S. The monoisotopic (exact) mass is 587 g/mol.